The number of urea groups is 1. The van der Waals surface area contributed by atoms with E-state index in [0.29, 0.717) is 13.2 Å². The fourth-order valence-electron chi connectivity index (χ4n) is 1.42. The Morgan fingerprint density at radius 2 is 2.05 bits per heavy atom. The number of rotatable bonds is 8. The second kappa shape index (κ2) is 6.75. The van der Waals surface area contributed by atoms with Gasteiger partial charge in [0.15, 0.2) is 0 Å². The minimum Gasteiger partial charge on any atom is -0.480 e. The number of hydrogen-bond donors (Lipinski definition) is 2. The van der Waals surface area contributed by atoms with Crippen LogP contribution in [0.3, 0.4) is 0 Å². The van der Waals surface area contributed by atoms with E-state index in [9.17, 15) is 9.59 Å². The predicted octanol–water partition coefficient (Wildman–Crippen LogP) is 1.31. The van der Waals surface area contributed by atoms with E-state index in [1.165, 1.54) is 38.6 Å². The standard InChI is InChI=1S/C13H24N2O4/c1-13(2,11(16)17)15(3)12(18)14-7-4-8-19-9-10-5-6-10/h10H,4-9H2,1-3H3,(H,14,18)(H,16,17). The van der Waals surface area contributed by atoms with E-state index in [4.69, 9.17) is 9.84 Å². The second-order valence-electron chi connectivity index (χ2n) is 5.53. The van der Waals surface area contributed by atoms with E-state index in [0.717, 1.165) is 18.9 Å². The van der Waals surface area contributed by atoms with Gasteiger partial charge in [0.1, 0.15) is 5.54 Å². The van der Waals surface area contributed by atoms with Gasteiger partial charge in [-0.3, -0.25) is 0 Å². The number of carbonyl (C=O) groups excluding carboxylic acids is 1. The molecular weight excluding hydrogens is 248 g/mol. The number of ether oxygens (including phenoxy) is 1. The summed E-state index contributed by atoms with van der Waals surface area (Å²) in [7, 11) is 1.48. The fraction of sp³-hybridized carbons (Fsp3) is 0.846. The minimum atomic E-state index is -1.22. The molecule has 6 nitrogen and oxygen atoms in total. The van der Waals surface area contributed by atoms with Crippen LogP contribution in [-0.2, 0) is 9.53 Å². The Labute approximate surface area is 114 Å². The molecule has 19 heavy (non-hydrogen) atoms. The van der Waals surface area contributed by atoms with Gasteiger partial charge < -0.3 is 20.1 Å². The third-order valence-electron chi connectivity index (χ3n) is 3.46. The molecule has 2 N–H and O–H groups in total. The van der Waals surface area contributed by atoms with Crippen LogP contribution >= 0.6 is 0 Å². The Morgan fingerprint density at radius 1 is 1.42 bits per heavy atom. The lowest BCUT2D eigenvalue weighted by atomic mass is 10.1. The predicted molar refractivity (Wildman–Crippen MR) is 71.0 cm³/mol. The van der Waals surface area contributed by atoms with Crippen LogP contribution < -0.4 is 5.32 Å². The summed E-state index contributed by atoms with van der Waals surface area (Å²) in [6.07, 6.45) is 3.28. The van der Waals surface area contributed by atoms with E-state index < -0.39 is 11.5 Å². The zero-order chi connectivity index (χ0) is 14.5. The topological polar surface area (TPSA) is 78.9 Å². The highest BCUT2D eigenvalue weighted by Crippen LogP contribution is 2.28. The molecule has 0 radical (unpaired) electrons. The Morgan fingerprint density at radius 3 is 2.58 bits per heavy atom. The first-order valence-electron chi connectivity index (χ1n) is 6.68. The van der Waals surface area contributed by atoms with Gasteiger partial charge in [0.05, 0.1) is 0 Å². The van der Waals surface area contributed by atoms with Crippen LogP contribution in [0, 0.1) is 5.92 Å². The summed E-state index contributed by atoms with van der Waals surface area (Å²) in [6.45, 7) is 4.92. The highest BCUT2D eigenvalue weighted by molar-refractivity contribution is 5.85. The van der Waals surface area contributed by atoms with Crippen molar-refractivity contribution in [3.05, 3.63) is 0 Å². The van der Waals surface area contributed by atoms with Crippen molar-refractivity contribution in [1.29, 1.82) is 0 Å². The summed E-state index contributed by atoms with van der Waals surface area (Å²) < 4.78 is 5.45. The normalized spacial score (nSPS) is 15.1. The van der Waals surface area contributed by atoms with Gasteiger partial charge in [-0.05, 0) is 39.0 Å². The third kappa shape index (κ3) is 5.06. The number of carboxylic acid groups (broad SMARTS) is 1. The van der Waals surface area contributed by atoms with Gasteiger partial charge in [0.2, 0.25) is 0 Å². The summed E-state index contributed by atoms with van der Waals surface area (Å²) in [5.41, 5.74) is -1.22. The van der Waals surface area contributed by atoms with Crippen molar-refractivity contribution in [2.24, 2.45) is 5.92 Å². The van der Waals surface area contributed by atoms with Crippen LogP contribution in [0.25, 0.3) is 0 Å². The molecule has 1 fully saturated rings. The zero-order valence-corrected chi connectivity index (χ0v) is 11.9. The Bertz CT molecular complexity index is 327. The maximum Gasteiger partial charge on any atom is 0.329 e. The molecule has 2 amide bonds. The van der Waals surface area contributed by atoms with E-state index in [1.807, 2.05) is 0 Å². The monoisotopic (exact) mass is 272 g/mol. The van der Waals surface area contributed by atoms with Crippen LogP contribution in [0.1, 0.15) is 33.1 Å². The third-order valence-corrected chi connectivity index (χ3v) is 3.46. The molecule has 0 aliphatic heterocycles. The van der Waals surface area contributed by atoms with Crippen LogP contribution in [-0.4, -0.2) is 54.4 Å². The average molecular weight is 272 g/mol. The summed E-state index contributed by atoms with van der Waals surface area (Å²) in [4.78, 5) is 24.0. The number of carbonyl (C=O) groups is 2. The molecule has 6 heteroatoms. The molecule has 1 rings (SSSR count). The molecule has 0 aromatic rings. The smallest absolute Gasteiger partial charge is 0.329 e. The summed E-state index contributed by atoms with van der Waals surface area (Å²) in [5.74, 6) is -0.282. The summed E-state index contributed by atoms with van der Waals surface area (Å²) in [6, 6.07) is -0.380. The van der Waals surface area contributed by atoms with E-state index >= 15 is 0 Å². The van der Waals surface area contributed by atoms with Gasteiger partial charge in [-0.25, -0.2) is 9.59 Å². The van der Waals surface area contributed by atoms with Crippen molar-refractivity contribution in [2.75, 3.05) is 26.8 Å². The number of carboxylic acids is 1. The van der Waals surface area contributed by atoms with Gasteiger partial charge >= 0.3 is 12.0 Å². The largest absolute Gasteiger partial charge is 0.480 e. The first kappa shape index (κ1) is 15.8. The lowest BCUT2D eigenvalue weighted by Gasteiger charge is -2.31. The van der Waals surface area contributed by atoms with Crippen molar-refractivity contribution < 1.29 is 19.4 Å². The van der Waals surface area contributed by atoms with Gasteiger partial charge in [-0.1, -0.05) is 0 Å². The molecule has 0 heterocycles. The second-order valence-corrected chi connectivity index (χ2v) is 5.53. The van der Waals surface area contributed by atoms with Crippen molar-refractivity contribution in [3.63, 3.8) is 0 Å². The highest BCUT2D eigenvalue weighted by Gasteiger charge is 2.35. The Kier molecular flexibility index (Phi) is 5.60. The summed E-state index contributed by atoms with van der Waals surface area (Å²) >= 11 is 0. The van der Waals surface area contributed by atoms with Crippen LogP contribution in [0.2, 0.25) is 0 Å². The fourth-order valence-corrected chi connectivity index (χ4v) is 1.42. The Balaban J connectivity index is 2.13. The van der Waals surface area contributed by atoms with Gasteiger partial charge in [-0.2, -0.15) is 0 Å². The first-order valence-corrected chi connectivity index (χ1v) is 6.68. The van der Waals surface area contributed by atoms with Crippen molar-refractivity contribution in [1.82, 2.24) is 10.2 Å². The van der Waals surface area contributed by atoms with Crippen molar-refractivity contribution in [2.45, 2.75) is 38.6 Å². The quantitative estimate of drug-likeness (QED) is 0.653. The number of likely N-dealkylation sites (N-methyl/N-ethyl adjacent to an activating group) is 1. The number of aliphatic carboxylic acids is 1. The first-order chi connectivity index (χ1) is 8.85. The molecular formula is C13H24N2O4. The van der Waals surface area contributed by atoms with Crippen LogP contribution in [0.5, 0.6) is 0 Å². The van der Waals surface area contributed by atoms with E-state index in [1.54, 1.807) is 0 Å². The molecule has 110 valence electrons. The van der Waals surface area contributed by atoms with E-state index in [-0.39, 0.29) is 6.03 Å². The highest BCUT2D eigenvalue weighted by atomic mass is 16.5. The lowest BCUT2D eigenvalue weighted by molar-refractivity contribution is -0.146. The molecule has 0 atom stereocenters. The van der Waals surface area contributed by atoms with Gasteiger partial charge in [0.25, 0.3) is 0 Å². The molecule has 0 spiro atoms. The molecule has 1 saturated carbocycles. The SMILES string of the molecule is CN(C(=O)NCCCOCC1CC1)C(C)(C)C(=O)O. The maximum atomic E-state index is 11.8. The summed E-state index contributed by atoms with van der Waals surface area (Å²) in [5, 5.41) is 11.7. The number of hydrogen-bond acceptors (Lipinski definition) is 3. The molecule has 1 aliphatic carbocycles. The van der Waals surface area contributed by atoms with Gasteiger partial charge in [0, 0.05) is 26.8 Å². The van der Waals surface area contributed by atoms with Crippen LogP contribution in [0.4, 0.5) is 4.79 Å². The molecule has 0 aromatic carbocycles. The number of nitrogens with one attached hydrogen (secondary N) is 1. The molecule has 0 aromatic heterocycles. The minimum absolute atomic E-state index is 0.380. The number of amides is 2. The maximum absolute atomic E-state index is 11.8. The number of nitrogens with zero attached hydrogens (tertiary/aromatic N) is 1. The average Bonchev–Trinajstić information content (AvgIpc) is 3.15. The van der Waals surface area contributed by atoms with Crippen molar-refractivity contribution in [3.8, 4) is 0 Å². The lowest BCUT2D eigenvalue weighted by Crippen LogP contribution is -2.54. The Hall–Kier alpha value is -1.30. The zero-order valence-electron chi connectivity index (χ0n) is 11.9. The van der Waals surface area contributed by atoms with E-state index in [2.05, 4.69) is 5.32 Å². The molecule has 0 unspecified atom stereocenters. The molecule has 0 bridgehead atoms. The van der Waals surface area contributed by atoms with Gasteiger partial charge in [-0.15, -0.1) is 0 Å². The molecule has 0 saturated heterocycles. The van der Waals surface area contributed by atoms with Crippen molar-refractivity contribution >= 4 is 12.0 Å². The van der Waals surface area contributed by atoms with Crippen LogP contribution in [0.15, 0.2) is 0 Å². The molecule has 1 aliphatic rings.